The lowest BCUT2D eigenvalue weighted by molar-refractivity contribution is -0.137. The number of rotatable bonds is 2. The van der Waals surface area contributed by atoms with Crippen molar-refractivity contribution < 1.29 is 13.2 Å². The average Bonchev–Trinajstić information content (AvgIpc) is 2.55. The van der Waals surface area contributed by atoms with Crippen LogP contribution in [0, 0.1) is 0 Å². The zero-order valence-electron chi connectivity index (χ0n) is 12.7. The second-order valence-electron chi connectivity index (χ2n) is 6.18. The first-order chi connectivity index (χ1) is 10.9. The van der Waals surface area contributed by atoms with Gasteiger partial charge in [0.25, 0.3) is 0 Å². The molecule has 0 N–H and O–H groups in total. The van der Waals surface area contributed by atoms with E-state index in [1.54, 1.807) is 0 Å². The van der Waals surface area contributed by atoms with E-state index in [0.29, 0.717) is 0 Å². The minimum atomic E-state index is -4.28. The topological polar surface area (TPSA) is 0 Å². The van der Waals surface area contributed by atoms with Crippen molar-refractivity contribution in [1.82, 2.24) is 0 Å². The fraction of sp³-hybridized carbons (Fsp3) is 0.368. The van der Waals surface area contributed by atoms with Gasteiger partial charge in [0, 0.05) is 3.42 Å². The van der Waals surface area contributed by atoms with Gasteiger partial charge in [0.15, 0.2) is 0 Å². The van der Waals surface area contributed by atoms with E-state index in [0.717, 1.165) is 23.3 Å². The Hall–Kier alpha value is -1.04. The highest BCUT2D eigenvalue weighted by atomic mass is 127. The summed E-state index contributed by atoms with van der Waals surface area (Å²) in [5.74, 6) is 0. The van der Waals surface area contributed by atoms with Crippen LogP contribution in [0.25, 0.3) is 11.1 Å². The molecule has 1 aliphatic rings. The van der Waals surface area contributed by atoms with E-state index in [9.17, 15) is 13.2 Å². The van der Waals surface area contributed by atoms with Gasteiger partial charge in [0.1, 0.15) is 0 Å². The van der Waals surface area contributed by atoms with Gasteiger partial charge in [0.05, 0.1) is 5.56 Å². The quantitative estimate of drug-likeness (QED) is 0.357. The Kier molecular flexibility index (Phi) is 4.72. The molecule has 122 valence electrons. The molecule has 0 bridgehead atoms. The lowest BCUT2D eigenvalue weighted by Crippen LogP contribution is -2.21. The number of halogens is 4. The van der Waals surface area contributed by atoms with Crippen molar-refractivity contribution in [2.24, 2.45) is 0 Å². The Morgan fingerprint density at radius 3 is 1.70 bits per heavy atom. The van der Waals surface area contributed by atoms with Crippen molar-refractivity contribution in [3.63, 3.8) is 0 Å². The molecule has 0 unspecified atom stereocenters. The van der Waals surface area contributed by atoms with Gasteiger partial charge in [-0.25, -0.2) is 0 Å². The standard InChI is InChI=1S/C19H18F3I/c20-19(21,22)17-10-6-15(7-11-17)14-4-8-16(9-5-14)18(23)12-2-1-3-13-18/h4-11H,1-3,12-13H2. The molecule has 2 aromatic carbocycles. The summed E-state index contributed by atoms with van der Waals surface area (Å²) in [6, 6.07) is 13.7. The summed E-state index contributed by atoms with van der Waals surface area (Å²) in [5.41, 5.74) is 2.49. The Morgan fingerprint density at radius 1 is 0.739 bits per heavy atom. The number of benzene rings is 2. The molecule has 4 heteroatoms. The monoisotopic (exact) mass is 430 g/mol. The lowest BCUT2D eigenvalue weighted by atomic mass is 9.83. The average molecular weight is 430 g/mol. The van der Waals surface area contributed by atoms with Crippen LogP contribution >= 0.6 is 22.6 Å². The van der Waals surface area contributed by atoms with Gasteiger partial charge in [-0.15, -0.1) is 0 Å². The molecule has 0 nitrogen and oxygen atoms in total. The summed E-state index contributed by atoms with van der Waals surface area (Å²) in [4.78, 5) is 0. The molecule has 2 aromatic rings. The Morgan fingerprint density at radius 2 is 1.22 bits per heavy atom. The van der Waals surface area contributed by atoms with Crippen molar-refractivity contribution in [3.8, 4) is 11.1 Å². The van der Waals surface area contributed by atoms with E-state index < -0.39 is 11.7 Å². The predicted octanol–water partition coefficient (Wildman–Crippen LogP) is 6.97. The SMILES string of the molecule is FC(F)(F)c1ccc(-c2ccc(C3(I)CCCCC3)cc2)cc1. The van der Waals surface area contributed by atoms with Gasteiger partial charge in [-0.05, 0) is 41.7 Å². The maximum absolute atomic E-state index is 12.6. The second kappa shape index (κ2) is 6.46. The Bertz CT molecular complexity index is 651. The maximum atomic E-state index is 12.6. The third-order valence-corrected chi connectivity index (χ3v) is 6.30. The molecule has 0 radical (unpaired) electrons. The van der Waals surface area contributed by atoms with Crippen LogP contribution in [0.1, 0.15) is 43.2 Å². The van der Waals surface area contributed by atoms with Gasteiger partial charge in [-0.2, -0.15) is 13.2 Å². The van der Waals surface area contributed by atoms with E-state index in [4.69, 9.17) is 0 Å². The van der Waals surface area contributed by atoms with Crippen molar-refractivity contribution in [2.75, 3.05) is 0 Å². The first kappa shape index (κ1) is 16.8. The maximum Gasteiger partial charge on any atom is 0.416 e. The molecule has 1 saturated carbocycles. The fourth-order valence-electron chi connectivity index (χ4n) is 3.21. The second-order valence-corrected chi connectivity index (χ2v) is 8.24. The molecule has 0 heterocycles. The van der Waals surface area contributed by atoms with Crippen LogP contribution in [0.5, 0.6) is 0 Å². The van der Waals surface area contributed by atoms with Crippen LogP contribution in [0.3, 0.4) is 0 Å². The van der Waals surface area contributed by atoms with E-state index in [1.807, 2.05) is 12.1 Å². The summed E-state index contributed by atoms with van der Waals surface area (Å²) in [6.45, 7) is 0. The molecule has 3 rings (SSSR count). The third-order valence-electron chi connectivity index (χ3n) is 4.59. The zero-order chi connectivity index (χ0) is 16.5. The number of alkyl halides is 4. The Balaban J connectivity index is 1.82. The van der Waals surface area contributed by atoms with Crippen molar-refractivity contribution in [2.45, 2.75) is 41.7 Å². The summed E-state index contributed by atoms with van der Waals surface area (Å²) in [5, 5.41) is 0. The van der Waals surface area contributed by atoms with Crippen LogP contribution in [0.2, 0.25) is 0 Å². The molecular formula is C19H18F3I. The molecule has 1 aliphatic carbocycles. The minimum absolute atomic E-state index is 0.217. The highest BCUT2D eigenvalue weighted by Gasteiger charge is 2.31. The van der Waals surface area contributed by atoms with Crippen molar-refractivity contribution in [1.29, 1.82) is 0 Å². The van der Waals surface area contributed by atoms with Gasteiger partial charge in [-0.1, -0.05) is 78.3 Å². The molecule has 0 aromatic heterocycles. The lowest BCUT2D eigenvalue weighted by Gasteiger charge is -2.32. The molecule has 23 heavy (non-hydrogen) atoms. The van der Waals surface area contributed by atoms with Gasteiger partial charge in [0.2, 0.25) is 0 Å². The number of hydrogen-bond acceptors (Lipinski definition) is 0. The van der Waals surface area contributed by atoms with Crippen LogP contribution in [0.4, 0.5) is 13.2 Å². The van der Waals surface area contributed by atoms with Gasteiger partial charge >= 0.3 is 6.18 Å². The summed E-state index contributed by atoms with van der Waals surface area (Å²) in [7, 11) is 0. The molecule has 0 aliphatic heterocycles. The molecule has 0 saturated heterocycles. The third kappa shape index (κ3) is 3.73. The predicted molar refractivity (Wildman–Crippen MR) is 95.7 cm³/mol. The first-order valence-corrected chi connectivity index (χ1v) is 8.93. The van der Waals surface area contributed by atoms with Crippen LogP contribution in [-0.2, 0) is 9.60 Å². The van der Waals surface area contributed by atoms with Crippen LogP contribution in [0.15, 0.2) is 48.5 Å². The van der Waals surface area contributed by atoms with E-state index >= 15 is 0 Å². The number of hydrogen-bond donors (Lipinski definition) is 0. The summed E-state index contributed by atoms with van der Waals surface area (Å²) >= 11 is 2.57. The molecular weight excluding hydrogens is 412 g/mol. The largest absolute Gasteiger partial charge is 0.416 e. The van der Waals surface area contributed by atoms with Crippen molar-refractivity contribution in [3.05, 3.63) is 59.7 Å². The molecule has 0 atom stereocenters. The van der Waals surface area contributed by atoms with E-state index in [2.05, 4.69) is 34.7 Å². The minimum Gasteiger partial charge on any atom is -0.166 e. The fourth-order valence-corrected chi connectivity index (χ4v) is 4.34. The molecule has 0 spiro atoms. The van der Waals surface area contributed by atoms with E-state index in [1.165, 1.54) is 49.8 Å². The van der Waals surface area contributed by atoms with E-state index in [-0.39, 0.29) is 3.42 Å². The smallest absolute Gasteiger partial charge is 0.166 e. The summed E-state index contributed by atoms with van der Waals surface area (Å²) in [6.07, 6.45) is 1.97. The normalized spacial score (nSPS) is 17.9. The molecule has 1 fully saturated rings. The Labute approximate surface area is 148 Å². The molecule has 0 amide bonds. The van der Waals surface area contributed by atoms with Crippen molar-refractivity contribution >= 4 is 22.6 Å². The highest BCUT2D eigenvalue weighted by Crippen LogP contribution is 2.45. The summed E-state index contributed by atoms with van der Waals surface area (Å²) < 4.78 is 38.1. The first-order valence-electron chi connectivity index (χ1n) is 7.86. The van der Waals surface area contributed by atoms with Gasteiger partial charge in [-0.3, -0.25) is 0 Å². The highest BCUT2D eigenvalue weighted by molar-refractivity contribution is 14.1. The van der Waals surface area contributed by atoms with Gasteiger partial charge < -0.3 is 0 Å². The van der Waals surface area contributed by atoms with Crippen LogP contribution in [-0.4, -0.2) is 0 Å². The van der Waals surface area contributed by atoms with Crippen LogP contribution < -0.4 is 0 Å². The zero-order valence-corrected chi connectivity index (χ0v) is 14.8.